The van der Waals surface area contributed by atoms with E-state index in [0.717, 1.165) is 32.8 Å². The number of nitrogens with zero attached hydrogens (tertiary/aromatic N) is 1. The van der Waals surface area contributed by atoms with Gasteiger partial charge in [0, 0.05) is 19.6 Å². The van der Waals surface area contributed by atoms with Gasteiger partial charge in [-0.15, -0.1) is 0 Å². The molecule has 0 aliphatic carbocycles. The van der Waals surface area contributed by atoms with Crippen LogP contribution in [0.25, 0.3) is 0 Å². The summed E-state index contributed by atoms with van der Waals surface area (Å²) >= 11 is 0. The average molecular weight is 233 g/mol. The highest BCUT2D eigenvalue weighted by Crippen LogP contribution is 2.19. The second-order valence-corrected chi connectivity index (χ2v) is 5.03. The van der Waals surface area contributed by atoms with Gasteiger partial charge in [0.15, 0.2) is 0 Å². The van der Waals surface area contributed by atoms with Gasteiger partial charge in [0.05, 0.1) is 25.4 Å². The minimum Gasteiger partial charge on any atom is -0.372 e. The Hall–Kier alpha value is -0.900. The van der Waals surface area contributed by atoms with Crippen LogP contribution in [0.1, 0.15) is 11.1 Å². The third kappa shape index (κ3) is 3.28. The van der Waals surface area contributed by atoms with Gasteiger partial charge in [-0.25, -0.2) is 0 Å². The van der Waals surface area contributed by atoms with E-state index >= 15 is 0 Å². The summed E-state index contributed by atoms with van der Waals surface area (Å²) in [7, 11) is 0. The summed E-state index contributed by atoms with van der Waals surface area (Å²) in [5.74, 6) is 0. The van der Waals surface area contributed by atoms with Crippen molar-refractivity contribution >= 4 is 0 Å². The second kappa shape index (κ2) is 4.77. The molecule has 0 aromatic heterocycles. The van der Waals surface area contributed by atoms with Crippen molar-refractivity contribution in [3.63, 3.8) is 0 Å². The largest absolute Gasteiger partial charge is 0.372 e. The zero-order valence-corrected chi connectivity index (χ0v) is 10.3. The Morgan fingerprint density at radius 1 is 1.12 bits per heavy atom. The van der Waals surface area contributed by atoms with E-state index in [-0.39, 0.29) is 0 Å². The van der Waals surface area contributed by atoms with Crippen LogP contribution in [0.2, 0.25) is 0 Å². The van der Waals surface area contributed by atoms with Gasteiger partial charge in [-0.05, 0) is 18.1 Å². The van der Waals surface area contributed by atoms with Crippen molar-refractivity contribution in [2.45, 2.75) is 25.7 Å². The van der Waals surface area contributed by atoms with Crippen molar-refractivity contribution in [2.24, 2.45) is 0 Å². The molecule has 0 saturated carbocycles. The van der Waals surface area contributed by atoms with Crippen molar-refractivity contribution in [2.75, 3.05) is 26.3 Å². The Morgan fingerprint density at radius 2 is 1.71 bits per heavy atom. The quantitative estimate of drug-likeness (QED) is 0.699. The van der Waals surface area contributed by atoms with Gasteiger partial charge < -0.3 is 9.47 Å². The number of rotatable bonds is 6. The standard InChI is InChI=1S/C14H19NO2/c1-11-4-2-3-5-12(11)6-15(7-13-9-16-13)8-14-10-17-14/h2-5,13-14H,6-10H2,1H3. The van der Waals surface area contributed by atoms with Crippen molar-refractivity contribution in [1.82, 2.24) is 4.90 Å². The fourth-order valence-corrected chi connectivity index (χ4v) is 2.15. The van der Waals surface area contributed by atoms with E-state index < -0.39 is 0 Å². The number of hydrogen-bond acceptors (Lipinski definition) is 3. The predicted molar refractivity (Wildman–Crippen MR) is 65.9 cm³/mol. The van der Waals surface area contributed by atoms with Crippen LogP contribution in [0.15, 0.2) is 24.3 Å². The number of hydrogen-bond donors (Lipinski definition) is 0. The molecule has 1 aromatic carbocycles. The first-order chi connectivity index (χ1) is 8.31. The summed E-state index contributed by atoms with van der Waals surface area (Å²) in [6, 6.07) is 8.59. The molecule has 2 saturated heterocycles. The molecule has 17 heavy (non-hydrogen) atoms. The Balaban J connectivity index is 1.63. The molecule has 3 heteroatoms. The van der Waals surface area contributed by atoms with Crippen LogP contribution in [0, 0.1) is 6.92 Å². The molecule has 2 fully saturated rings. The molecule has 2 aliphatic rings. The molecule has 2 atom stereocenters. The maximum Gasteiger partial charge on any atom is 0.0936 e. The van der Waals surface area contributed by atoms with Crippen LogP contribution < -0.4 is 0 Å². The zero-order valence-electron chi connectivity index (χ0n) is 10.3. The Morgan fingerprint density at radius 3 is 2.24 bits per heavy atom. The highest BCUT2D eigenvalue weighted by molar-refractivity contribution is 5.25. The van der Waals surface area contributed by atoms with Crippen molar-refractivity contribution in [3.8, 4) is 0 Å². The van der Waals surface area contributed by atoms with Gasteiger partial charge in [0.25, 0.3) is 0 Å². The molecule has 0 N–H and O–H groups in total. The third-order valence-corrected chi connectivity index (χ3v) is 3.38. The molecule has 3 rings (SSSR count). The SMILES string of the molecule is Cc1ccccc1CN(CC1CO1)CC1CO1. The van der Waals surface area contributed by atoms with Crippen molar-refractivity contribution < 1.29 is 9.47 Å². The van der Waals surface area contributed by atoms with Gasteiger partial charge in [-0.3, -0.25) is 4.90 Å². The zero-order chi connectivity index (χ0) is 11.7. The molecule has 3 nitrogen and oxygen atoms in total. The second-order valence-electron chi connectivity index (χ2n) is 5.03. The summed E-state index contributed by atoms with van der Waals surface area (Å²) < 4.78 is 10.7. The van der Waals surface area contributed by atoms with E-state index in [1.807, 2.05) is 0 Å². The Bertz CT molecular complexity index is 372. The van der Waals surface area contributed by atoms with Crippen LogP contribution in [-0.2, 0) is 16.0 Å². The summed E-state index contributed by atoms with van der Waals surface area (Å²) in [6.45, 7) is 7.11. The molecule has 0 amide bonds. The van der Waals surface area contributed by atoms with Crippen LogP contribution in [0.3, 0.4) is 0 Å². The molecule has 0 bridgehead atoms. The van der Waals surface area contributed by atoms with Gasteiger partial charge in [0.2, 0.25) is 0 Å². The van der Waals surface area contributed by atoms with Gasteiger partial charge in [-0.1, -0.05) is 24.3 Å². The lowest BCUT2D eigenvalue weighted by molar-refractivity contribution is 0.212. The van der Waals surface area contributed by atoms with Gasteiger partial charge in [0.1, 0.15) is 0 Å². The maximum atomic E-state index is 5.33. The molecule has 2 aliphatic heterocycles. The lowest BCUT2D eigenvalue weighted by atomic mass is 10.1. The van der Waals surface area contributed by atoms with E-state index in [1.165, 1.54) is 11.1 Å². The van der Waals surface area contributed by atoms with Crippen molar-refractivity contribution in [3.05, 3.63) is 35.4 Å². The van der Waals surface area contributed by atoms with E-state index in [4.69, 9.17) is 9.47 Å². The lowest BCUT2D eigenvalue weighted by Crippen LogP contribution is -2.31. The summed E-state index contributed by atoms with van der Waals surface area (Å²) in [5, 5.41) is 0. The Kier molecular flexibility index (Phi) is 3.14. The van der Waals surface area contributed by atoms with E-state index in [9.17, 15) is 0 Å². The number of benzene rings is 1. The van der Waals surface area contributed by atoms with Crippen LogP contribution in [0.5, 0.6) is 0 Å². The lowest BCUT2D eigenvalue weighted by Gasteiger charge is -2.21. The smallest absolute Gasteiger partial charge is 0.0936 e. The monoisotopic (exact) mass is 233 g/mol. The first-order valence-corrected chi connectivity index (χ1v) is 6.31. The number of ether oxygens (including phenoxy) is 2. The summed E-state index contributed by atoms with van der Waals surface area (Å²) in [6.07, 6.45) is 0.913. The normalized spacial score (nSPS) is 26.2. The first kappa shape index (κ1) is 11.2. The van der Waals surface area contributed by atoms with E-state index in [1.54, 1.807) is 0 Å². The van der Waals surface area contributed by atoms with Crippen LogP contribution >= 0.6 is 0 Å². The fourth-order valence-electron chi connectivity index (χ4n) is 2.15. The summed E-state index contributed by atoms with van der Waals surface area (Å²) in [4.78, 5) is 2.46. The molecule has 1 aromatic rings. The van der Waals surface area contributed by atoms with Gasteiger partial charge >= 0.3 is 0 Å². The molecule has 2 heterocycles. The van der Waals surface area contributed by atoms with E-state index in [0.29, 0.717) is 12.2 Å². The summed E-state index contributed by atoms with van der Waals surface area (Å²) in [5.41, 5.74) is 2.78. The molecule has 0 spiro atoms. The first-order valence-electron chi connectivity index (χ1n) is 6.31. The highest BCUT2D eigenvalue weighted by atomic mass is 16.6. The molecule has 2 unspecified atom stereocenters. The minimum atomic E-state index is 0.456. The van der Waals surface area contributed by atoms with Crippen molar-refractivity contribution in [1.29, 1.82) is 0 Å². The van der Waals surface area contributed by atoms with Gasteiger partial charge in [-0.2, -0.15) is 0 Å². The fraction of sp³-hybridized carbons (Fsp3) is 0.571. The molecular weight excluding hydrogens is 214 g/mol. The number of epoxide rings is 2. The average Bonchev–Trinajstić information content (AvgIpc) is 3.17. The minimum absolute atomic E-state index is 0.456. The van der Waals surface area contributed by atoms with Crippen LogP contribution in [-0.4, -0.2) is 43.4 Å². The topological polar surface area (TPSA) is 28.3 Å². The van der Waals surface area contributed by atoms with E-state index in [2.05, 4.69) is 36.1 Å². The highest BCUT2D eigenvalue weighted by Gasteiger charge is 2.30. The molecule has 0 radical (unpaired) electrons. The maximum absolute atomic E-state index is 5.33. The predicted octanol–water partition coefficient (Wildman–Crippen LogP) is 1.59. The molecule has 92 valence electrons. The Labute approximate surface area is 102 Å². The molecular formula is C14H19NO2. The van der Waals surface area contributed by atoms with Crippen LogP contribution in [0.4, 0.5) is 0 Å². The number of aryl methyl sites for hydroxylation is 1. The third-order valence-electron chi connectivity index (χ3n) is 3.38.